The molecule has 6 nitrogen and oxygen atoms in total. The van der Waals surface area contributed by atoms with Crippen molar-refractivity contribution in [3.05, 3.63) is 95.6 Å². The number of nitrogens with one attached hydrogen (secondary N) is 1. The molecule has 7 heteroatoms. The first-order valence-electron chi connectivity index (χ1n) is 10.3. The number of amides is 1. The van der Waals surface area contributed by atoms with Crippen LogP contribution in [-0.2, 0) is 14.8 Å². The average Bonchev–Trinajstić information content (AvgIpc) is 2.78. The Bertz CT molecular complexity index is 1160. The van der Waals surface area contributed by atoms with Crippen molar-refractivity contribution in [2.45, 2.75) is 26.0 Å². The molecule has 32 heavy (non-hydrogen) atoms. The van der Waals surface area contributed by atoms with Gasteiger partial charge < -0.3 is 10.1 Å². The van der Waals surface area contributed by atoms with Gasteiger partial charge in [-0.15, -0.1) is 0 Å². The Morgan fingerprint density at radius 2 is 1.53 bits per heavy atom. The summed E-state index contributed by atoms with van der Waals surface area (Å²) in [6, 6.07) is 24.0. The molecule has 3 aromatic rings. The quantitative estimate of drug-likeness (QED) is 0.559. The maximum Gasteiger partial charge on any atom is 0.261 e. The smallest absolute Gasteiger partial charge is 0.261 e. The van der Waals surface area contributed by atoms with Crippen molar-refractivity contribution in [2.24, 2.45) is 0 Å². The fraction of sp³-hybridized carbons (Fsp3) is 0.240. The Morgan fingerprint density at radius 3 is 2.12 bits per heavy atom. The van der Waals surface area contributed by atoms with E-state index in [1.54, 1.807) is 31.2 Å². The van der Waals surface area contributed by atoms with Crippen LogP contribution >= 0.6 is 0 Å². The Kier molecular flexibility index (Phi) is 7.20. The van der Waals surface area contributed by atoms with E-state index in [2.05, 4.69) is 5.32 Å². The highest BCUT2D eigenvalue weighted by Crippen LogP contribution is 2.26. The van der Waals surface area contributed by atoms with Crippen LogP contribution in [0.25, 0.3) is 0 Å². The largest absolute Gasteiger partial charge is 0.481 e. The van der Waals surface area contributed by atoms with Gasteiger partial charge in [-0.25, -0.2) is 8.42 Å². The molecular formula is C25H28N2O4S. The number of carbonyl (C=O) groups is 1. The summed E-state index contributed by atoms with van der Waals surface area (Å²) in [6.45, 7) is 3.71. The SMILES string of the molecule is Cc1ccccc1[C@H](NC(=O)[C@H](C)Oc1ccc(N(C)S(C)(=O)=O)cc1)c1ccccc1. The molecule has 0 aromatic heterocycles. The molecule has 0 aliphatic heterocycles. The zero-order valence-corrected chi connectivity index (χ0v) is 19.5. The highest BCUT2D eigenvalue weighted by atomic mass is 32.2. The van der Waals surface area contributed by atoms with Gasteiger partial charge in [0, 0.05) is 7.05 Å². The van der Waals surface area contributed by atoms with E-state index < -0.39 is 16.1 Å². The predicted octanol–water partition coefficient (Wildman–Crippen LogP) is 4.06. The van der Waals surface area contributed by atoms with Gasteiger partial charge in [0.25, 0.3) is 5.91 Å². The first kappa shape index (κ1) is 23.3. The minimum absolute atomic E-state index is 0.251. The van der Waals surface area contributed by atoms with E-state index in [1.165, 1.54) is 11.4 Å². The van der Waals surface area contributed by atoms with Crippen LogP contribution in [0.1, 0.15) is 29.7 Å². The number of nitrogens with zero attached hydrogens (tertiary/aromatic N) is 1. The lowest BCUT2D eigenvalue weighted by atomic mass is 9.95. The van der Waals surface area contributed by atoms with E-state index in [1.807, 2.05) is 61.5 Å². The fourth-order valence-electron chi connectivity index (χ4n) is 3.34. The molecule has 3 aromatic carbocycles. The number of carbonyl (C=O) groups excluding carboxylic acids is 1. The molecule has 2 atom stereocenters. The van der Waals surface area contributed by atoms with Crippen molar-refractivity contribution in [1.29, 1.82) is 0 Å². The number of aryl methyl sites for hydroxylation is 1. The molecule has 0 saturated heterocycles. The van der Waals surface area contributed by atoms with Crippen molar-refractivity contribution in [2.75, 3.05) is 17.6 Å². The molecule has 0 spiro atoms. The van der Waals surface area contributed by atoms with Gasteiger partial charge in [0.15, 0.2) is 6.10 Å². The predicted molar refractivity (Wildman–Crippen MR) is 127 cm³/mol. The van der Waals surface area contributed by atoms with E-state index in [0.717, 1.165) is 22.9 Å². The Hall–Kier alpha value is -3.32. The van der Waals surface area contributed by atoms with Gasteiger partial charge in [-0.1, -0.05) is 54.6 Å². The Balaban J connectivity index is 1.75. The summed E-state index contributed by atoms with van der Waals surface area (Å²) in [5, 5.41) is 3.11. The highest BCUT2D eigenvalue weighted by Gasteiger charge is 2.23. The average molecular weight is 453 g/mol. The minimum Gasteiger partial charge on any atom is -0.481 e. The first-order chi connectivity index (χ1) is 15.2. The molecule has 0 heterocycles. The molecule has 168 valence electrons. The first-order valence-corrected chi connectivity index (χ1v) is 12.1. The van der Waals surface area contributed by atoms with Crippen LogP contribution in [0.15, 0.2) is 78.9 Å². The second-order valence-corrected chi connectivity index (χ2v) is 9.71. The van der Waals surface area contributed by atoms with Crippen molar-refractivity contribution in [3.8, 4) is 5.75 Å². The van der Waals surface area contributed by atoms with Crippen molar-refractivity contribution >= 4 is 21.6 Å². The second kappa shape index (κ2) is 9.87. The number of rotatable bonds is 8. The monoisotopic (exact) mass is 452 g/mol. The summed E-state index contributed by atoms with van der Waals surface area (Å²) >= 11 is 0. The number of sulfonamides is 1. The van der Waals surface area contributed by atoms with Crippen LogP contribution in [0.4, 0.5) is 5.69 Å². The molecule has 0 fully saturated rings. The molecular weight excluding hydrogens is 424 g/mol. The lowest BCUT2D eigenvalue weighted by molar-refractivity contribution is -0.127. The maximum absolute atomic E-state index is 13.0. The second-order valence-electron chi connectivity index (χ2n) is 7.69. The summed E-state index contributed by atoms with van der Waals surface area (Å²) in [4.78, 5) is 13.0. The van der Waals surface area contributed by atoms with Gasteiger partial charge in [-0.05, 0) is 54.8 Å². The molecule has 1 N–H and O–H groups in total. The summed E-state index contributed by atoms with van der Waals surface area (Å²) in [5.74, 6) is 0.227. The van der Waals surface area contributed by atoms with Gasteiger partial charge in [-0.2, -0.15) is 0 Å². The fourth-order valence-corrected chi connectivity index (χ4v) is 3.84. The van der Waals surface area contributed by atoms with E-state index in [0.29, 0.717) is 11.4 Å². The third-order valence-corrected chi connectivity index (χ3v) is 6.50. The van der Waals surface area contributed by atoms with E-state index in [9.17, 15) is 13.2 Å². The van der Waals surface area contributed by atoms with Crippen LogP contribution in [0.2, 0.25) is 0 Å². The van der Waals surface area contributed by atoms with Crippen molar-refractivity contribution in [1.82, 2.24) is 5.32 Å². The normalized spacial score (nSPS) is 13.1. The minimum atomic E-state index is -3.35. The highest BCUT2D eigenvalue weighted by molar-refractivity contribution is 7.92. The number of ether oxygens (including phenoxy) is 1. The maximum atomic E-state index is 13.0. The molecule has 0 radical (unpaired) electrons. The third-order valence-electron chi connectivity index (χ3n) is 5.30. The topological polar surface area (TPSA) is 75.7 Å². The zero-order chi connectivity index (χ0) is 23.3. The van der Waals surface area contributed by atoms with Crippen LogP contribution < -0.4 is 14.4 Å². The summed E-state index contributed by atoms with van der Waals surface area (Å²) in [5.41, 5.74) is 3.60. The van der Waals surface area contributed by atoms with Gasteiger partial charge in [0.1, 0.15) is 5.75 Å². The molecule has 0 aliphatic carbocycles. The lowest BCUT2D eigenvalue weighted by Crippen LogP contribution is -2.39. The summed E-state index contributed by atoms with van der Waals surface area (Å²) in [7, 11) is -1.86. The standard InChI is InChI=1S/C25H28N2O4S/c1-18-10-8-9-13-23(18)24(20-11-6-5-7-12-20)26-25(28)19(2)31-22-16-14-21(15-17-22)27(3)32(4,29)30/h5-17,19,24H,1-4H3,(H,26,28)/t19-,24+/m0/s1. The number of hydrogen-bond donors (Lipinski definition) is 1. The van der Waals surface area contributed by atoms with Crippen LogP contribution in [0.3, 0.4) is 0 Å². The van der Waals surface area contributed by atoms with Gasteiger partial charge >= 0.3 is 0 Å². The summed E-state index contributed by atoms with van der Waals surface area (Å²) in [6.07, 6.45) is 0.394. The van der Waals surface area contributed by atoms with Crippen molar-refractivity contribution < 1.29 is 17.9 Å². The van der Waals surface area contributed by atoms with Gasteiger partial charge in [0.2, 0.25) is 10.0 Å². The van der Waals surface area contributed by atoms with Crippen LogP contribution in [0.5, 0.6) is 5.75 Å². The molecule has 1 amide bonds. The Morgan fingerprint density at radius 1 is 0.938 bits per heavy atom. The Labute approximate surface area is 189 Å². The van der Waals surface area contributed by atoms with Gasteiger partial charge in [-0.3, -0.25) is 9.10 Å². The molecule has 0 saturated carbocycles. The van der Waals surface area contributed by atoms with Gasteiger partial charge in [0.05, 0.1) is 18.0 Å². The lowest BCUT2D eigenvalue weighted by Gasteiger charge is -2.24. The van der Waals surface area contributed by atoms with E-state index in [4.69, 9.17) is 4.74 Å². The van der Waals surface area contributed by atoms with Crippen molar-refractivity contribution in [3.63, 3.8) is 0 Å². The molecule has 0 bridgehead atoms. The van der Waals surface area contributed by atoms with E-state index in [-0.39, 0.29) is 11.9 Å². The number of benzene rings is 3. The third kappa shape index (κ3) is 5.68. The van der Waals surface area contributed by atoms with E-state index >= 15 is 0 Å². The zero-order valence-electron chi connectivity index (χ0n) is 18.6. The molecule has 0 aliphatic rings. The number of hydrogen-bond acceptors (Lipinski definition) is 4. The summed E-state index contributed by atoms with van der Waals surface area (Å²) < 4.78 is 30.4. The molecule has 3 rings (SSSR count). The van der Waals surface area contributed by atoms with Crippen LogP contribution in [0, 0.1) is 6.92 Å². The molecule has 0 unspecified atom stereocenters. The van der Waals surface area contributed by atoms with Crippen LogP contribution in [-0.4, -0.2) is 33.7 Å². The number of anilines is 1.